The number of carbonyl (C=O) groups excluding carboxylic acids is 3. The first kappa shape index (κ1) is 32.8. The quantitative estimate of drug-likeness (QED) is 0.455. The molecule has 42 heavy (non-hydrogen) atoms. The lowest BCUT2D eigenvalue weighted by molar-refractivity contribution is -0.141. The lowest BCUT2D eigenvalue weighted by atomic mass is 9.73. The number of amides is 3. The first-order valence-corrected chi connectivity index (χ1v) is 17.0. The lowest BCUT2D eigenvalue weighted by Crippen LogP contribution is -2.47. The Morgan fingerprint density at radius 1 is 0.714 bits per heavy atom. The second-order valence-electron chi connectivity index (χ2n) is 15.1. The fourth-order valence-corrected chi connectivity index (χ4v) is 8.65. The molecule has 238 valence electrons. The first-order chi connectivity index (χ1) is 19.9. The molecule has 8 nitrogen and oxygen atoms in total. The van der Waals surface area contributed by atoms with Crippen molar-refractivity contribution in [1.82, 2.24) is 14.7 Å². The summed E-state index contributed by atoms with van der Waals surface area (Å²) < 4.78 is 0. The number of carbonyl (C=O) groups is 4. The summed E-state index contributed by atoms with van der Waals surface area (Å²) in [5.41, 5.74) is 0. The van der Waals surface area contributed by atoms with Crippen LogP contribution in [0.5, 0.6) is 0 Å². The molecular weight excluding hydrogens is 530 g/mol. The molecule has 2 aliphatic carbocycles. The SMILES string of the molecule is CC1CCC(C(C)C)C(N2CC(C(=O)N3CCCC3)CC2=O)C1.CC1CCC(C(C)C)C(N2CC(C(=O)O)CC2=O)C1. The zero-order chi connectivity index (χ0) is 30.7. The molecule has 0 aromatic carbocycles. The minimum Gasteiger partial charge on any atom is -0.481 e. The Balaban J connectivity index is 0.000000197. The van der Waals surface area contributed by atoms with Crippen LogP contribution in [0.1, 0.15) is 106 Å². The molecule has 5 fully saturated rings. The molecular formula is C34H57N3O5. The van der Waals surface area contributed by atoms with Crippen molar-refractivity contribution >= 4 is 23.7 Å². The van der Waals surface area contributed by atoms with E-state index in [0.29, 0.717) is 61.1 Å². The summed E-state index contributed by atoms with van der Waals surface area (Å²) >= 11 is 0. The van der Waals surface area contributed by atoms with Gasteiger partial charge in [0.1, 0.15) is 0 Å². The topological polar surface area (TPSA) is 98.2 Å². The van der Waals surface area contributed by atoms with Crippen molar-refractivity contribution in [2.45, 2.75) is 118 Å². The fraction of sp³-hybridized carbons (Fsp3) is 0.882. The van der Waals surface area contributed by atoms with Gasteiger partial charge >= 0.3 is 5.97 Å². The smallest absolute Gasteiger partial charge is 0.308 e. The van der Waals surface area contributed by atoms with Crippen LogP contribution in [0.4, 0.5) is 0 Å². The number of hydrogen-bond acceptors (Lipinski definition) is 4. The Hall–Kier alpha value is -2.12. The largest absolute Gasteiger partial charge is 0.481 e. The number of aliphatic carboxylic acids is 1. The molecule has 3 heterocycles. The van der Waals surface area contributed by atoms with Crippen molar-refractivity contribution < 1.29 is 24.3 Å². The van der Waals surface area contributed by atoms with Gasteiger partial charge in [-0.3, -0.25) is 19.2 Å². The molecule has 3 saturated heterocycles. The van der Waals surface area contributed by atoms with Gasteiger partial charge in [-0.1, -0.05) is 54.4 Å². The van der Waals surface area contributed by atoms with E-state index in [1.165, 1.54) is 19.3 Å². The van der Waals surface area contributed by atoms with Gasteiger partial charge in [0.2, 0.25) is 17.7 Å². The molecule has 5 aliphatic rings. The minimum absolute atomic E-state index is 0.0390. The van der Waals surface area contributed by atoms with Gasteiger partial charge in [0.15, 0.2) is 0 Å². The van der Waals surface area contributed by atoms with Gasteiger partial charge in [0.05, 0.1) is 11.8 Å². The Labute approximate surface area is 253 Å². The summed E-state index contributed by atoms with van der Waals surface area (Å²) in [4.78, 5) is 54.4. The van der Waals surface area contributed by atoms with Crippen molar-refractivity contribution in [3.8, 4) is 0 Å². The van der Waals surface area contributed by atoms with E-state index >= 15 is 0 Å². The number of likely N-dealkylation sites (tertiary alicyclic amines) is 3. The number of rotatable bonds is 6. The highest BCUT2D eigenvalue weighted by Crippen LogP contribution is 2.40. The summed E-state index contributed by atoms with van der Waals surface area (Å²) in [6.07, 6.45) is 9.87. The third-order valence-electron chi connectivity index (χ3n) is 11.2. The average molecular weight is 588 g/mol. The van der Waals surface area contributed by atoms with Crippen LogP contribution in [0.25, 0.3) is 0 Å². The van der Waals surface area contributed by atoms with E-state index in [1.807, 2.05) is 9.80 Å². The average Bonchev–Trinajstić information content (AvgIpc) is 3.68. The number of carboxylic acid groups (broad SMARTS) is 1. The lowest BCUT2D eigenvalue weighted by Gasteiger charge is -2.42. The van der Waals surface area contributed by atoms with Crippen molar-refractivity contribution in [3.05, 3.63) is 0 Å². The second kappa shape index (κ2) is 14.1. The molecule has 2 saturated carbocycles. The Kier molecular flexibility index (Phi) is 11.0. The van der Waals surface area contributed by atoms with Gasteiger partial charge in [-0.25, -0.2) is 0 Å². The molecule has 0 radical (unpaired) electrons. The molecule has 0 bridgehead atoms. The van der Waals surface area contributed by atoms with E-state index in [9.17, 15) is 19.2 Å². The fourth-order valence-electron chi connectivity index (χ4n) is 8.65. The maximum atomic E-state index is 12.6. The van der Waals surface area contributed by atoms with E-state index in [-0.39, 0.29) is 36.1 Å². The number of nitrogens with zero attached hydrogens (tertiary/aromatic N) is 3. The normalized spacial score (nSPS) is 35.7. The highest BCUT2D eigenvalue weighted by Gasteiger charge is 2.45. The Bertz CT molecular complexity index is 976. The highest BCUT2D eigenvalue weighted by molar-refractivity contribution is 5.89. The van der Waals surface area contributed by atoms with E-state index in [4.69, 9.17) is 5.11 Å². The van der Waals surface area contributed by atoms with Crippen LogP contribution < -0.4 is 0 Å². The summed E-state index contributed by atoms with van der Waals surface area (Å²) in [5.74, 6) is 2.65. The van der Waals surface area contributed by atoms with Crippen LogP contribution in [0.2, 0.25) is 0 Å². The summed E-state index contributed by atoms with van der Waals surface area (Å²) in [6.45, 7) is 16.4. The van der Waals surface area contributed by atoms with Crippen LogP contribution in [-0.4, -0.2) is 81.8 Å². The maximum Gasteiger partial charge on any atom is 0.308 e. The summed E-state index contributed by atoms with van der Waals surface area (Å²) in [6, 6.07) is 0.600. The molecule has 0 aromatic rings. The monoisotopic (exact) mass is 587 g/mol. The van der Waals surface area contributed by atoms with Gasteiger partial charge < -0.3 is 19.8 Å². The van der Waals surface area contributed by atoms with Crippen LogP contribution in [0.3, 0.4) is 0 Å². The third-order valence-corrected chi connectivity index (χ3v) is 11.2. The predicted molar refractivity (Wildman–Crippen MR) is 163 cm³/mol. The second-order valence-corrected chi connectivity index (χ2v) is 15.1. The zero-order valence-corrected chi connectivity index (χ0v) is 27.1. The molecule has 0 aromatic heterocycles. The van der Waals surface area contributed by atoms with Gasteiger partial charge in [0, 0.05) is 51.1 Å². The van der Waals surface area contributed by atoms with Crippen LogP contribution in [0, 0.1) is 47.3 Å². The third kappa shape index (κ3) is 7.50. The molecule has 1 N–H and O–H groups in total. The molecule has 5 rings (SSSR count). The molecule has 3 amide bonds. The van der Waals surface area contributed by atoms with Crippen molar-refractivity contribution in [2.24, 2.45) is 47.3 Å². The van der Waals surface area contributed by atoms with Crippen LogP contribution in [-0.2, 0) is 19.2 Å². The number of carboxylic acids is 1. The highest BCUT2D eigenvalue weighted by atomic mass is 16.4. The van der Waals surface area contributed by atoms with Crippen LogP contribution >= 0.6 is 0 Å². The van der Waals surface area contributed by atoms with Gasteiger partial charge in [-0.2, -0.15) is 0 Å². The van der Waals surface area contributed by atoms with Crippen molar-refractivity contribution in [1.29, 1.82) is 0 Å². The van der Waals surface area contributed by atoms with Crippen molar-refractivity contribution in [2.75, 3.05) is 26.2 Å². The molecule has 0 spiro atoms. The Morgan fingerprint density at radius 2 is 1.14 bits per heavy atom. The van der Waals surface area contributed by atoms with Gasteiger partial charge in [0.25, 0.3) is 0 Å². The predicted octanol–water partition coefficient (Wildman–Crippen LogP) is 5.30. The summed E-state index contributed by atoms with van der Waals surface area (Å²) in [5, 5.41) is 9.10. The van der Waals surface area contributed by atoms with Gasteiger partial charge in [-0.15, -0.1) is 0 Å². The summed E-state index contributed by atoms with van der Waals surface area (Å²) in [7, 11) is 0. The van der Waals surface area contributed by atoms with Crippen LogP contribution in [0.15, 0.2) is 0 Å². The molecule has 8 atom stereocenters. The maximum absolute atomic E-state index is 12.6. The molecule has 8 heteroatoms. The van der Waals surface area contributed by atoms with E-state index in [2.05, 4.69) is 46.4 Å². The molecule has 8 unspecified atom stereocenters. The minimum atomic E-state index is -0.833. The standard InChI is InChI=1S/C19H32N2O2.C15H25NO3/c1-13(2)16-7-6-14(3)10-17(16)21-12-15(11-18(21)22)19(23)20-8-4-5-9-20;1-9(2)12-5-4-10(3)6-13(12)16-8-11(15(18)19)7-14(16)17/h13-17H,4-12H2,1-3H3;9-13H,4-8H2,1-3H3,(H,18,19). The van der Waals surface area contributed by atoms with Crippen molar-refractivity contribution in [3.63, 3.8) is 0 Å². The van der Waals surface area contributed by atoms with E-state index in [0.717, 1.165) is 45.2 Å². The van der Waals surface area contributed by atoms with E-state index in [1.54, 1.807) is 0 Å². The van der Waals surface area contributed by atoms with E-state index < -0.39 is 11.9 Å². The number of hydrogen-bond donors (Lipinski definition) is 1. The Morgan fingerprint density at radius 3 is 1.55 bits per heavy atom. The van der Waals surface area contributed by atoms with Gasteiger partial charge in [-0.05, 0) is 74.0 Å². The first-order valence-electron chi connectivity index (χ1n) is 17.0. The molecule has 3 aliphatic heterocycles. The zero-order valence-electron chi connectivity index (χ0n) is 27.1.